The van der Waals surface area contributed by atoms with E-state index in [9.17, 15) is 16.8 Å². The average Bonchev–Trinajstić information content (AvgIpc) is 2.62. The smallest absolute Gasteiger partial charge is 0.207 e. The third-order valence-corrected chi connectivity index (χ3v) is 8.58. The van der Waals surface area contributed by atoms with Gasteiger partial charge >= 0.3 is 0 Å². The predicted octanol–water partition coefficient (Wildman–Crippen LogP) is 2.80. The molecule has 0 N–H and O–H groups in total. The van der Waals surface area contributed by atoms with Crippen LogP contribution in [0, 0.1) is 0 Å². The van der Waals surface area contributed by atoms with Crippen molar-refractivity contribution in [3.05, 3.63) is 58.0 Å². The van der Waals surface area contributed by atoms with Gasteiger partial charge in [0.1, 0.15) is 0 Å². The maximum Gasteiger partial charge on any atom is 0.243 e. The van der Waals surface area contributed by atoms with Crippen LogP contribution in [0.15, 0.2) is 62.8 Å². The average molecular weight is 480 g/mol. The summed E-state index contributed by atoms with van der Waals surface area (Å²) in [6.45, 7) is 0.355. The van der Waals surface area contributed by atoms with Crippen LogP contribution in [0.2, 0.25) is 5.02 Å². The van der Waals surface area contributed by atoms with Crippen molar-refractivity contribution in [2.24, 2.45) is 0 Å². The molecule has 10 heteroatoms. The van der Waals surface area contributed by atoms with Gasteiger partial charge in [-0.25, -0.2) is 16.8 Å². The Labute approximate surface area is 166 Å². The van der Waals surface area contributed by atoms with Crippen molar-refractivity contribution in [1.82, 2.24) is 8.61 Å². The molecule has 2 aromatic rings. The largest absolute Gasteiger partial charge is 0.243 e. The van der Waals surface area contributed by atoms with Gasteiger partial charge in [-0.15, -0.1) is 0 Å². The fourth-order valence-corrected chi connectivity index (χ4v) is 6.45. The zero-order valence-corrected chi connectivity index (χ0v) is 17.5. The van der Waals surface area contributed by atoms with Crippen LogP contribution in [0.4, 0.5) is 0 Å². The van der Waals surface area contributed by atoms with Crippen molar-refractivity contribution in [1.29, 1.82) is 0 Å². The maximum atomic E-state index is 12.7. The lowest BCUT2D eigenvalue weighted by Gasteiger charge is -2.33. The summed E-state index contributed by atoms with van der Waals surface area (Å²) in [5.74, 6) is 0. The van der Waals surface area contributed by atoms with Crippen molar-refractivity contribution < 1.29 is 16.8 Å². The highest BCUT2D eigenvalue weighted by Crippen LogP contribution is 2.24. The first-order valence-electron chi connectivity index (χ1n) is 7.73. The summed E-state index contributed by atoms with van der Waals surface area (Å²) in [6.07, 6.45) is 0. The fraction of sp³-hybridized carbons (Fsp3) is 0.250. The molecule has 0 aliphatic carbocycles. The van der Waals surface area contributed by atoms with Crippen LogP contribution in [-0.4, -0.2) is 51.6 Å². The van der Waals surface area contributed by atoms with E-state index in [-0.39, 0.29) is 36.0 Å². The minimum absolute atomic E-state index is 0.0854. The number of nitrogens with zero attached hydrogens (tertiary/aromatic N) is 2. The minimum Gasteiger partial charge on any atom is -0.207 e. The van der Waals surface area contributed by atoms with Crippen molar-refractivity contribution in [3.8, 4) is 0 Å². The Morgan fingerprint density at radius 3 is 1.69 bits per heavy atom. The highest BCUT2D eigenvalue weighted by atomic mass is 79.9. The van der Waals surface area contributed by atoms with Gasteiger partial charge in [-0.05, 0) is 36.4 Å². The normalized spacial score (nSPS) is 17.3. The molecule has 0 radical (unpaired) electrons. The summed E-state index contributed by atoms with van der Waals surface area (Å²) in [7, 11) is -7.37. The Balaban J connectivity index is 1.77. The van der Waals surface area contributed by atoms with E-state index in [0.29, 0.717) is 9.50 Å². The van der Waals surface area contributed by atoms with Gasteiger partial charge in [0.25, 0.3) is 0 Å². The summed E-state index contributed by atoms with van der Waals surface area (Å²) in [4.78, 5) is 0.284. The van der Waals surface area contributed by atoms with Crippen LogP contribution in [0.3, 0.4) is 0 Å². The molecular formula is C16H16BrClN2O4S2. The van der Waals surface area contributed by atoms with E-state index >= 15 is 0 Å². The zero-order chi connectivity index (χ0) is 18.9. The van der Waals surface area contributed by atoms with Gasteiger partial charge in [0.15, 0.2) is 0 Å². The summed E-state index contributed by atoms with van der Waals surface area (Å²) in [5, 5.41) is 0.335. The Morgan fingerprint density at radius 1 is 0.769 bits per heavy atom. The SMILES string of the molecule is O=S(=O)(c1cccc(Cl)c1)N1CCN(S(=O)(=O)c2cccc(Br)c2)CC1. The Bertz CT molecular complexity index is 937. The van der Waals surface area contributed by atoms with E-state index in [4.69, 9.17) is 11.6 Å². The van der Waals surface area contributed by atoms with Crippen molar-refractivity contribution in [2.45, 2.75) is 9.79 Å². The van der Waals surface area contributed by atoms with Crippen LogP contribution >= 0.6 is 27.5 Å². The van der Waals surface area contributed by atoms with Crippen LogP contribution < -0.4 is 0 Å². The van der Waals surface area contributed by atoms with Gasteiger partial charge < -0.3 is 0 Å². The Kier molecular flexibility index (Phi) is 5.76. The number of halogens is 2. The second-order valence-corrected chi connectivity index (χ2v) is 11.0. The van der Waals surface area contributed by atoms with Gasteiger partial charge in [-0.2, -0.15) is 8.61 Å². The summed E-state index contributed by atoms with van der Waals surface area (Å²) >= 11 is 9.14. The first-order chi connectivity index (χ1) is 12.2. The molecule has 0 atom stereocenters. The van der Waals surface area contributed by atoms with Crippen LogP contribution in [0.5, 0.6) is 0 Å². The first-order valence-corrected chi connectivity index (χ1v) is 11.8. The molecule has 0 bridgehead atoms. The lowest BCUT2D eigenvalue weighted by atomic mass is 10.4. The molecule has 26 heavy (non-hydrogen) atoms. The second kappa shape index (κ2) is 7.57. The molecule has 0 saturated carbocycles. The van der Waals surface area contributed by atoms with E-state index in [1.54, 1.807) is 24.3 Å². The maximum absolute atomic E-state index is 12.7. The van der Waals surface area contributed by atoms with Crippen LogP contribution in [0.25, 0.3) is 0 Å². The first kappa shape index (κ1) is 19.8. The van der Waals surface area contributed by atoms with E-state index in [1.165, 1.54) is 32.9 Å². The van der Waals surface area contributed by atoms with Gasteiger partial charge in [0.2, 0.25) is 20.0 Å². The number of piperazine rings is 1. The van der Waals surface area contributed by atoms with Gasteiger partial charge in [0.05, 0.1) is 9.79 Å². The van der Waals surface area contributed by atoms with Gasteiger partial charge in [0, 0.05) is 35.7 Å². The third-order valence-electron chi connectivity index (χ3n) is 4.07. The van der Waals surface area contributed by atoms with Crippen LogP contribution in [-0.2, 0) is 20.0 Å². The molecule has 140 valence electrons. The fourth-order valence-electron chi connectivity index (χ4n) is 2.70. The molecule has 2 aromatic carbocycles. The van der Waals surface area contributed by atoms with Crippen molar-refractivity contribution in [2.75, 3.05) is 26.2 Å². The quantitative estimate of drug-likeness (QED) is 0.676. The molecule has 1 fully saturated rings. The molecular weight excluding hydrogens is 464 g/mol. The zero-order valence-electron chi connectivity index (χ0n) is 13.5. The molecule has 3 rings (SSSR count). The molecule has 1 aliphatic rings. The summed E-state index contributed by atoms with van der Waals surface area (Å²) < 4.78 is 54.1. The number of hydrogen-bond acceptors (Lipinski definition) is 4. The molecule has 0 amide bonds. The molecule has 6 nitrogen and oxygen atoms in total. The van der Waals surface area contributed by atoms with Gasteiger partial charge in [-0.3, -0.25) is 0 Å². The Hall–Kier alpha value is -0.970. The molecule has 0 spiro atoms. The standard InChI is InChI=1S/C16H16BrClN2O4S2/c17-13-3-1-5-15(11-13)25(21,22)19-7-9-20(10-8-19)26(23,24)16-6-2-4-14(18)12-16/h1-6,11-12H,7-10H2. The number of hydrogen-bond donors (Lipinski definition) is 0. The van der Waals surface area contributed by atoms with E-state index in [0.717, 1.165) is 0 Å². The number of rotatable bonds is 4. The molecule has 1 aliphatic heterocycles. The second-order valence-electron chi connectivity index (χ2n) is 5.72. The minimum atomic E-state index is -3.70. The van der Waals surface area contributed by atoms with Crippen molar-refractivity contribution in [3.63, 3.8) is 0 Å². The van der Waals surface area contributed by atoms with E-state index < -0.39 is 20.0 Å². The van der Waals surface area contributed by atoms with Crippen LogP contribution in [0.1, 0.15) is 0 Å². The van der Waals surface area contributed by atoms with E-state index in [1.807, 2.05) is 0 Å². The monoisotopic (exact) mass is 478 g/mol. The highest BCUT2D eigenvalue weighted by Gasteiger charge is 2.33. The van der Waals surface area contributed by atoms with Gasteiger partial charge in [-0.1, -0.05) is 39.7 Å². The molecule has 0 unspecified atom stereocenters. The molecule has 1 saturated heterocycles. The lowest BCUT2D eigenvalue weighted by molar-refractivity contribution is 0.273. The molecule has 1 heterocycles. The Morgan fingerprint density at radius 2 is 1.23 bits per heavy atom. The predicted molar refractivity (Wildman–Crippen MR) is 103 cm³/mol. The number of sulfonamides is 2. The summed E-state index contributed by atoms with van der Waals surface area (Å²) in [6, 6.07) is 12.5. The third kappa shape index (κ3) is 3.97. The van der Waals surface area contributed by atoms with E-state index in [2.05, 4.69) is 15.9 Å². The molecule has 0 aromatic heterocycles. The number of benzene rings is 2. The lowest BCUT2D eigenvalue weighted by Crippen LogP contribution is -2.50. The highest BCUT2D eigenvalue weighted by molar-refractivity contribution is 9.10. The summed E-state index contributed by atoms with van der Waals surface area (Å²) in [5.41, 5.74) is 0. The topological polar surface area (TPSA) is 74.8 Å². The van der Waals surface area contributed by atoms with Crippen molar-refractivity contribution >= 4 is 47.6 Å².